The molecule has 1 atom stereocenters. The van der Waals surface area contributed by atoms with E-state index in [-0.39, 0.29) is 0 Å². The number of hydrogen-bond donors (Lipinski definition) is 1. The molecule has 3 aromatic carbocycles. The van der Waals surface area contributed by atoms with Gasteiger partial charge in [-0.1, -0.05) is 103 Å². The van der Waals surface area contributed by atoms with Crippen molar-refractivity contribution in [1.82, 2.24) is 4.90 Å². The minimum Gasteiger partial charge on any atom is -0.384 e. The van der Waals surface area contributed by atoms with Crippen molar-refractivity contribution in [2.24, 2.45) is 0 Å². The predicted octanol–water partition coefficient (Wildman–Crippen LogP) is 4.98. The Bertz CT molecular complexity index is 743. The van der Waals surface area contributed by atoms with Crippen LogP contribution in [0.25, 0.3) is 0 Å². The van der Waals surface area contributed by atoms with Gasteiger partial charge in [0.05, 0.1) is 6.10 Å². The van der Waals surface area contributed by atoms with Gasteiger partial charge in [-0.2, -0.15) is 0 Å². The molecule has 3 aromatic rings. The third-order valence-corrected chi connectivity index (χ3v) is 4.32. The maximum absolute atomic E-state index is 10.3. The molecule has 0 aliphatic rings. The van der Waals surface area contributed by atoms with Crippen molar-refractivity contribution >= 4 is 0 Å². The largest absolute Gasteiger partial charge is 0.384 e. The van der Waals surface area contributed by atoms with Crippen molar-refractivity contribution in [2.45, 2.75) is 19.2 Å². The molecule has 0 aliphatic heterocycles. The lowest BCUT2D eigenvalue weighted by atomic mass is 10.1. The van der Waals surface area contributed by atoms with E-state index in [0.717, 1.165) is 25.2 Å². The van der Waals surface area contributed by atoms with Crippen LogP contribution in [0.2, 0.25) is 0 Å². The van der Waals surface area contributed by atoms with Crippen LogP contribution < -0.4 is 0 Å². The van der Waals surface area contributed by atoms with Crippen LogP contribution in [0.3, 0.4) is 0 Å². The monoisotopic (exact) mass is 343 g/mol. The van der Waals surface area contributed by atoms with Crippen LogP contribution in [-0.2, 0) is 13.1 Å². The minimum absolute atomic E-state index is 0.563. The van der Waals surface area contributed by atoms with Crippen LogP contribution in [0.4, 0.5) is 0 Å². The molecule has 0 radical (unpaired) electrons. The zero-order valence-corrected chi connectivity index (χ0v) is 14.9. The first kappa shape index (κ1) is 18.1. The number of nitrogens with zero attached hydrogens (tertiary/aromatic N) is 1. The van der Waals surface area contributed by atoms with Crippen LogP contribution in [0, 0.1) is 0 Å². The Labute approximate surface area is 156 Å². The van der Waals surface area contributed by atoms with E-state index in [0.29, 0.717) is 0 Å². The van der Waals surface area contributed by atoms with Crippen LogP contribution in [-0.4, -0.2) is 16.6 Å². The normalized spacial score (nSPS) is 12.5. The Morgan fingerprint density at radius 1 is 0.692 bits per heavy atom. The lowest BCUT2D eigenvalue weighted by Crippen LogP contribution is -2.23. The summed E-state index contributed by atoms with van der Waals surface area (Å²) in [5, 5.41) is 10.3. The third-order valence-electron chi connectivity index (χ3n) is 4.32. The summed E-state index contributed by atoms with van der Waals surface area (Å²) in [7, 11) is 0. The zero-order chi connectivity index (χ0) is 18.0. The van der Waals surface area contributed by atoms with Gasteiger partial charge in [0.15, 0.2) is 0 Å². The van der Waals surface area contributed by atoms with E-state index in [9.17, 15) is 5.11 Å². The number of aliphatic hydroxyl groups is 1. The first-order chi connectivity index (χ1) is 12.8. The Balaban J connectivity index is 1.65. The van der Waals surface area contributed by atoms with Crippen molar-refractivity contribution in [2.75, 3.05) is 6.54 Å². The Morgan fingerprint density at radius 3 is 1.65 bits per heavy atom. The summed E-state index contributed by atoms with van der Waals surface area (Å²) in [6, 6.07) is 30.7. The van der Waals surface area contributed by atoms with Crippen molar-refractivity contribution < 1.29 is 5.11 Å². The maximum atomic E-state index is 10.3. The summed E-state index contributed by atoms with van der Waals surface area (Å²) < 4.78 is 0. The van der Waals surface area contributed by atoms with Crippen molar-refractivity contribution in [3.8, 4) is 0 Å². The molecule has 26 heavy (non-hydrogen) atoms. The summed E-state index contributed by atoms with van der Waals surface area (Å²) in [4.78, 5) is 2.37. The molecule has 0 saturated heterocycles. The van der Waals surface area contributed by atoms with Gasteiger partial charge in [-0.05, 0) is 16.7 Å². The average Bonchev–Trinajstić information content (AvgIpc) is 2.70. The average molecular weight is 343 g/mol. The van der Waals surface area contributed by atoms with Gasteiger partial charge in [-0.15, -0.1) is 0 Å². The molecule has 3 rings (SSSR count). The Kier molecular flexibility index (Phi) is 6.77. The molecule has 132 valence electrons. The summed E-state index contributed by atoms with van der Waals surface area (Å²) in [5.41, 5.74) is 3.50. The van der Waals surface area contributed by atoms with E-state index >= 15 is 0 Å². The lowest BCUT2D eigenvalue weighted by molar-refractivity contribution is 0.226. The van der Waals surface area contributed by atoms with E-state index in [1.807, 2.05) is 48.5 Å². The van der Waals surface area contributed by atoms with Crippen LogP contribution in [0.5, 0.6) is 0 Å². The van der Waals surface area contributed by atoms with E-state index in [4.69, 9.17) is 0 Å². The van der Waals surface area contributed by atoms with Gasteiger partial charge in [-0.25, -0.2) is 0 Å². The third kappa shape index (κ3) is 5.69. The van der Waals surface area contributed by atoms with Gasteiger partial charge < -0.3 is 5.11 Å². The van der Waals surface area contributed by atoms with Crippen LogP contribution >= 0.6 is 0 Å². The van der Waals surface area contributed by atoms with Gasteiger partial charge in [0.25, 0.3) is 0 Å². The molecule has 0 aliphatic carbocycles. The molecule has 0 aromatic heterocycles. The van der Waals surface area contributed by atoms with E-state index in [1.54, 1.807) is 0 Å². The lowest BCUT2D eigenvalue weighted by Gasteiger charge is -2.21. The molecule has 0 heterocycles. The number of aliphatic hydroxyl groups excluding tert-OH is 1. The van der Waals surface area contributed by atoms with Gasteiger partial charge >= 0.3 is 0 Å². The fourth-order valence-electron chi connectivity index (χ4n) is 2.97. The van der Waals surface area contributed by atoms with Crippen molar-refractivity contribution in [3.63, 3.8) is 0 Å². The highest BCUT2D eigenvalue weighted by atomic mass is 16.3. The van der Waals surface area contributed by atoms with Crippen molar-refractivity contribution in [1.29, 1.82) is 0 Å². The first-order valence-electron chi connectivity index (χ1n) is 9.01. The highest BCUT2D eigenvalue weighted by Gasteiger charge is 2.07. The van der Waals surface area contributed by atoms with Gasteiger partial charge in [0.2, 0.25) is 0 Å². The summed E-state index contributed by atoms with van der Waals surface area (Å²) in [5.74, 6) is 0. The molecule has 0 fully saturated rings. The number of rotatable bonds is 8. The second-order valence-electron chi connectivity index (χ2n) is 6.42. The second kappa shape index (κ2) is 9.71. The summed E-state index contributed by atoms with van der Waals surface area (Å²) >= 11 is 0. The fraction of sp³-hybridized carbons (Fsp3) is 0.167. The molecule has 0 amide bonds. The molecular formula is C24H25NO. The SMILES string of the molecule is OC(/C=C/CN(Cc1ccccc1)Cc1ccccc1)c1ccccc1. The van der Waals surface area contributed by atoms with Gasteiger partial charge in [0, 0.05) is 19.6 Å². The van der Waals surface area contributed by atoms with Gasteiger partial charge in [0.1, 0.15) is 0 Å². The van der Waals surface area contributed by atoms with Gasteiger partial charge in [-0.3, -0.25) is 4.90 Å². The molecule has 2 nitrogen and oxygen atoms in total. The van der Waals surface area contributed by atoms with Crippen molar-refractivity contribution in [3.05, 3.63) is 120 Å². The molecule has 0 saturated carbocycles. The second-order valence-corrected chi connectivity index (χ2v) is 6.42. The quantitative estimate of drug-likeness (QED) is 0.583. The molecule has 0 bridgehead atoms. The highest BCUT2D eigenvalue weighted by molar-refractivity contribution is 5.21. The Morgan fingerprint density at radius 2 is 1.15 bits per heavy atom. The maximum Gasteiger partial charge on any atom is 0.0972 e. The molecule has 2 heteroatoms. The van der Waals surface area contributed by atoms with Crippen LogP contribution in [0.1, 0.15) is 22.8 Å². The Hall–Kier alpha value is -2.68. The number of hydrogen-bond acceptors (Lipinski definition) is 2. The zero-order valence-electron chi connectivity index (χ0n) is 14.9. The summed E-state index contributed by atoms with van der Waals surface area (Å²) in [6.07, 6.45) is 3.37. The standard InChI is InChI=1S/C24H25NO/c26-24(23-15-8-3-9-16-23)17-10-18-25(19-21-11-4-1-5-12-21)20-22-13-6-2-7-14-22/h1-17,24,26H,18-20H2/b17-10+. The number of benzene rings is 3. The summed E-state index contributed by atoms with van der Waals surface area (Å²) in [6.45, 7) is 2.54. The van der Waals surface area contributed by atoms with E-state index in [1.165, 1.54) is 11.1 Å². The predicted molar refractivity (Wildman–Crippen MR) is 108 cm³/mol. The fourth-order valence-corrected chi connectivity index (χ4v) is 2.97. The topological polar surface area (TPSA) is 23.5 Å². The molecule has 1 unspecified atom stereocenters. The van der Waals surface area contributed by atoms with Crippen LogP contribution in [0.15, 0.2) is 103 Å². The van der Waals surface area contributed by atoms with E-state index < -0.39 is 6.10 Å². The van der Waals surface area contributed by atoms with E-state index in [2.05, 4.69) is 59.5 Å². The molecule has 0 spiro atoms. The molecular weight excluding hydrogens is 318 g/mol. The smallest absolute Gasteiger partial charge is 0.0972 e. The molecule has 1 N–H and O–H groups in total. The highest BCUT2D eigenvalue weighted by Crippen LogP contribution is 2.14. The minimum atomic E-state index is -0.563. The first-order valence-corrected chi connectivity index (χ1v) is 9.01.